The van der Waals surface area contributed by atoms with Crippen molar-refractivity contribution in [2.45, 2.75) is 38.8 Å². The van der Waals surface area contributed by atoms with E-state index in [4.69, 9.17) is 28.4 Å². The number of carbonyl (C=O) groups is 2. The van der Waals surface area contributed by atoms with Crippen LogP contribution in [0.25, 0.3) is 24.3 Å². The van der Waals surface area contributed by atoms with Gasteiger partial charge in [-0.2, -0.15) is 9.13 Å². The molecule has 0 saturated heterocycles. The molecule has 16 heteroatoms. The van der Waals surface area contributed by atoms with Crippen LogP contribution in [0.3, 0.4) is 0 Å². The van der Waals surface area contributed by atoms with E-state index in [-0.39, 0.29) is 36.6 Å². The van der Waals surface area contributed by atoms with Gasteiger partial charge in [0.05, 0.1) is 42.7 Å². The SMILES string of the molecule is COc1cc(/C=C/c2cccc[n+]2CCCC(=O)NCCSSCCNC(=O)CCC[n+]2ccccc2/C=C/c2ccc(OC)c(OC)c2OC)cc(OC)c1OC.[Cl-].[Cl-]. The zero-order valence-corrected chi connectivity index (χ0v) is 38.2. The average Bonchev–Trinajstić information content (AvgIpc) is 3.25. The van der Waals surface area contributed by atoms with E-state index in [1.54, 1.807) is 64.2 Å². The predicted octanol–water partition coefficient (Wildman–Crippen LogP) is 0.536. The van der Waals surface area contributed by atoms with Crippen molar-refractivity contribution < 1.29 is 72.0 Å². The summed E-state index contributed by atoms with van der Waals surface area (Å²) in [6, 6.07) is 19.6. The number of methoxy groups -OCH3 is 6. The molecule has 0 spiro atoms. The van der Waals surface area contributed by atoms with Crippen LogP contribution in [0.4, 0.5) is 0 Å². The zero-order chi connectivity index (χ0) is 41.5. The molecule has 0 fully saturated rings. The van der Waals surface area contributed by atoms with E-state index in [0.29, 0.717) is 86.4 Å². The standard InChI is InChI=1S/C44H54N4O8S2.2ClH/c1-51-37-22-19-34(42(54-4)44(37)56-6)18-21-36-14-8-10-26-48(36)28-12-16-41(50)46-24-30-58-57-29-23-45-40(49)15-11-27-47-25-9-7-13-35(47)20-17-33-31-38(52-2)43(55-5)39(32-33)53-3;;/h7-10,13-14,17-22,25-26,31-32H,11-12,15-16,23-24,27-30H2,1-6H3;2*1H/b20-17+,21-18+;;. The molecule has 0 bridgehead atoms. The van der Waals surface area contributed by atoms with Crippen LogP contribution in [0, 0.1) is 0 Å². The third-order valence-electron chi connectivity index (χ3n) is 8.96. The van der Waals surface area contributed by atoms with Crippen molar-refractivity contribution in [3.8, 4) is 34.5 Å². The highest BCUT2D eigenvalue weighted by molar-refractivity contribution is 8.76. The maximum atomic E-state index is 12.5. The second-order valence-corrected chi connectivity index (χ2v) is 15.4. The second kappa shape index (κ2) is 28.7. The molecule has 0 aliphatic rings. The first kappa shape index (κ1) is 51.4. The molecule has 2 amide bonds. The molecule has 4 rings (SSSR count). The van der Waals surface area contributed by atoms with Gasteiger partial charge in [-0.05, 0) is 54.1 Å². The van der Waals surface area contributed by atoms with E-state index in [0.717, 1.165) is 34.0 Å². The lowest BCUT2D eigenvalue weighted by molar-refractivity contribution is -0.699. The number of benzene rings is 2. The van der Waals surface area contributed by atoms with E-state index in [1.165, 1.54) is 0 Å². The van der Waals surface area contributed by atoms with Crippen LogP contribution in [0.2, 0.25) is 0 Å². The Morgan fingerprint density at radius 2 is 1.05 bits per heavy atom. The maximum absolute atomic E-state index is 12.5. The minimum Gasteiger partial charge on any atom is -1.00 e. The Morgan fingerprint density at radius 1 is 0.567 bits per heavy atom. The van der Waals surface area contributed by atoms with Crippen molar-refractivity contribution >= 4 is 57.7 Å². The maximum Gasteiger partial charge on any atom is 0.220 e. The molecule has 0 saturated carbocycles. The summed E-state index contributed by atoms with van der Waals surface area (Å²) in [5, 5.41) is 6.04. The molecule has 0 atom stereocenters. The van der Waals surface area contributed by atoms with Crippen molar-refractivity contribution in [1.29, 1.82) is 0 Å². The van der Waals surface area contributed by atoms with Gasteiger partial charge in [0.2, 0.25) is 34.7 Å². The monoisotopic (exact) mass is 902 g/mol. The molecule has 12 nitrogen and oxygen atoms in total. The van der Waals surface area contributed by atoms with Crippen LogP contribution in [0.15, 0.2) is 73.1 Å². The van der Waals surface area contributed by atoms with Gasteiger partial charge in [0, 0.05) is 92.3 Å². The molecule has 2 heterocycles. The van der Waals surface area contributed by atoms with Crippen molar-refractivity contribution in [3.05, 3.63) is 95.6 Å². The molecule has 326 valence electrons. The fourth-order valence-corrected chi connectivity index (χ4v) is 7.89. The first-order chi connectivity index (χ1) is 28.3. The first-order valence-corrected chi connectivity index (χ1v) is 21.5. The van der Waals surface area contributed by atoms with Crippen molar-refractivity contribution in [3.63, 3.8) is 0 Å². The lowest BCUT2D eigenvalue weighted by Crippen LogP contribution is -3.00. The minimum atomic E-state index is 0. The number of carbonyl (C=O) groups excluding carboxylic acids is 2. The topological polar surface area (TPSA) is 121 Å². The molecule has 0 aliphatic heterocycles. The Labute approximate surface area is 374 Å². The fraction of sp³-hybridized carbons (Fsp3) is 0.364. The number of aryl methyl sites for hydroxylation is 2. The molecule has 2 aromatic heterocycles. The fourth-order valence-electron chi connectivity index (χ4n) is 6.08. The Kier molecular flexibility index (Phi) is 24.5. The van der Waals surface area contributed by atoms with Gasteiger partial charge < -0.3 is 63.9 Å². The summed E-state index contributed by atoms with van der Waals surface area (Å²) in [6.45, 7) is 2.61. The molecule has 0 unspecified atom stereocenters. The molecule has 2 aromatic carbocycles. The third kappa shape index (κ3) is 16.0. The first-order valence-electron chi connectivity index (χ1n) is 19.1. The Balaban J connectivity index is 0.00000620. The van der Waals surface area contributed by atoms with E-state index >= 15 is 0 Å². The molecule has 60 heavy (non-hydrogen) atoms. The number of nitrogens with one attached hydrogen (secondary N) is 2. The number of ether oxygens (including phenoxy) is 6. The number of hydrogen-bond donors (Lipinski definition) is 2. The Bertz CT molecular complexity index is 1980. The third-order valence-corrected chi connectivity index (χ3v) is 11.4. The van der Waals surface area contributed by atoms with Gasteiger partial charge >= 0.3 is 0 Å². The van der Waals surface area contributed by atoms with Gasteiger partial charge in [-0.1, -0.05) is 21.6 Å². The number of pyridine rings is 2. The van der Waals surface area contributed by atoms with Gasteiger partial charge in [-0.3, -0.25) is 9.59 Å². The highest BCUT2D eigenvalue weighted by Crippen LogP contribution is 2.41. The predicted molar refractivity (Wildman–Crippen MR) is 233 cm³/mol. The van der Waals surface area contributed by atoms with Crippen LogP contribution in [-0.4, -0.2) is 79.1 Å². The van der Waals surface area contributed by atoms with Crippen LogP contribution in [-0.2, 0) is 22.7 Å². The quantitative estimate of drug-likeness (QED) is 0.0555. The zero-order valence-electron chi connectivity index (χ0n) is 35.0. The minimum absolute atomic E-state index is 0. The summed E-state index contributed by atoms with van der Waals surface area (Å²) in [5.41, 5.74) is 3.79. The largest absolute Gasteiger partial charge is 1.00 e. The van der Waals surface area contributed by atoms with E-state index in [9.17, 15) is 9.59 Å². The molecule has 4 aromatic rings. The highest BCUT2D eigenvalue weighted by Gasteiger charge is 2.16. The summed E-state index contributed by atoms with van der Waals surface area (Å²) < 4.78 is 37.2. The second-order valence-electron chi connectivity index (χ2n) is 12.7. The van der Waals surface area contributed by atoms with Gasteiger partial charge in [-0.25, -0.2) is 0 Å². The Morgan fingerprint density at radius 3 is 1.52 bits per heavy atom. The summed E-state index contributed by atoms with van der Waals surface area (Å²) in [4.78, 5) is 25.0. The number of hydrogen-bond acceptors (Lipinski definition) is 10. The number of nitrogens with zero attached hydrogens (tertiary/aromatic N) is 2. The number of aromatic nitrogens is 2. The summed E-state index contributed by atoms with van der Waals surface area (Å²) in [5.74, 6) is 5.14. The van der Waals surface area contributed by atoms with Crippen LogP contribution < -0.4 is 73.0 Å². The number of rotatable bonds is 25. The van der Waals surface area contributed by atoms with Gasteiger partial charge in [0.15, 0.2) is 35.4 Å². The van der Waals surface area contributed by atoms with Gasteiger partial charge in [-0.15, -0.1) is 0 Å². The number of amides is 2. The summed E-state index contributed by atoms with van der Waals surface area (Å²) >= 11 is 0. The van der Waals surface area contributed by atoms with Crippen molar-refractivity contribution in [2.24, 2.45) is 0 Å². The van der Waals surface area contributed by atoms with Gasteiger partial charge in [0.25, 0.3) is 0 Å². The summed E-state index contributed by atoms with van der Waals surface area (Å²) in [7, 11) is 12.9. The van der Waals surface area contributed by atoms with E-state index in [1.807, 2.05) is 97.4 Å². The average molecular weight is 904 g/mol. The molecular weight excluding hydrogens is 848 g/mol. The molecule has 0 aliphatic carbocycles. The lowest BCUT2D eigenvalue weighted by atomic mass is 10.1. The van der Waals surface area contributed by atoms with Gasteiger partial charge in [0.1, 0.15) is 13.1 Å². The van der Waals surface area contributed by atoms with E-state index < -0.39 is 0 Å². The smallest absolute Gasteiger partial charge is 0.220 e. The number of halogens is 2. The molecule has 0 radical (unpaired) electrons. The van der Waals surface area contributed by atoms with Crippen LogP contribution in [0.1, 0.15) is 48.2 Å². The lowest BCUT2D eigenvalue weighted by Gasteiger charge is -2.13. The molecular formula is C44H56Cl2N4O8S2. The van der Waals surface area contributed by atoms with Crippen LogP contribution >= 0.6 is 21.6 Å². The van der Waals surface area contributed by atoms with Crippen molar-refractivity contribution in [1.82, 2.24) is 10.6 Å². The van der Waals surface area contributed by atoms with Crippen molar-refractivity contribution in [2.75, 3.05) is 67.3 Å². The highest BCUT2D eigenvalue weighted by atomic mass is 35.5. The summed E-state index contributed by atoms with van der Waals surface area (Å²) in [6.07, 6.45) is 14.4. The van der Waals surface area contributed by atoms with Crippen LogP contribution in [0.5, 0.6) is 34.5 Å². The Hall–Kier alpha value is -4.76. The van der Waals surface area contributed by atoms with E-state index in [2.05, 4.69) is 19.8 Å². The normalized spacial score (nSPS) is 10.7. The molecule has 2 N–H and O–H groups in total.